The Labute approximate surface area is 147 Å². The number of nitrogens with one attached hydrogen (secondary N) is 1. The highest BCUT2D eigenvalue weighted by molar-refractivity contribution is 7.99. The van der Waals surface area contributed by atoms with Crippen LogP contribution in [0.15, 0.2) is 48.5 Å². The van der Waals surface area contributed by atoms with Gasteiger partial charge < -0.3 is 10.1 Å². The molecule has 1 unspecified atom stereocenters. The second kappa shape index (κ2) is 7.75. The van der Waals surface area contributed by atoms with Crippen molar-refractivity contribution in [3.63, 3.8) is 0 Å². The molecule has 2 atom stereocenters. The summed E-state index contributed by atoms with van der Waals surface area (Å²) in [6, 6.07) is 16.3. The van der Waals surface area contributed by atoms with Crippen LogP contribution in [0.3, 0.4) is 0 Å². The van der Waals surface area contributed by atoms with E-state index in [1.807, 2.05) is 36.0 Å². The molecule has 126 valence electrons. The first kappa shape index (κ1) is 16.9. The van der Waals surface area contributed by atoms with Crippen molar-refractivity contribution in [1.82, 2.24) is 0 Å². The molecule has 24 heavy (non-hydrogen) atoms. The summed E-state index contributed by atoms with van der Waals surface area (Å²) >= 11 is 1.87. The minimum absolute atomic E-state index is 0.000653. The molecule has 4 heteroatoms. The Morgan fingerprint density at radius 3 is 2.46 bits per heavy atom. The third-order valence-corrected chi connectivity index (χ3v) is 5.54. The lowest BCUT2D eigenvalue weighted by molar-refractivity contribution is -0.122. The van der Waals surface area contributed by atoms with Crippen molar-refractivity contribution in [3.05, 3.63) is 59.7 Å². The highest BCUT2D eigenvalue weighted by Gasteiger charge is 2.31. The second-order valence-corrected chi connectivity index (χ2v) is 7.31. The van der Waals surface area contributed by atoms with Gasteiger partial charge in [0.2, 0.25) is 0 Å². The lowest BCUT2D eigenvalue weighted by Crippen LogP contribution is -2.32. The summed E-state index contributed by atoms with van der Waals surface area (Å²) in [5.74, 6) is 3.02. The minimum atomic E-state index is -0.000653. The molecular weight excluding hydrogens is 318 g/mol. The van der Waals surface area contributed by atoms with Crippen molar-refractivity contribution < 1.29 is 9.53 Å². The Bertz CT molecular complexity index is 682. The van der Waals surface area contributed by atoms with Crippen molar-refractivity contribution in [2.75, 3.05) is 23.9 Å². The zero-order valence-electron chi connectivity index (χ0n) is 14.1. The molecule has 1 N–H and O–H groups in total. The van der Waals surface area contributed by atoms with Crippen LogP contribution in [0.1, 0.15) is 23.6 Å². The monoisotopic (exact) mass is 341 g/mol. The molecule has 1 aliphatic heterocycles. The Balaban J connectivity index is 1.88. The van der Waals surface area contributed by atoms with Crippen LogP contribution in [0.2, 0.25) is 0 Å². The largest absolute Gasteiger partial charge is 0.497 e. The summed E-state index contributed by atoms with van der Waals surface area (Å²) in [5, 5.41) is 3.58. The minimum Gasteiger partial charge on any atom is -0.497 e. The Morgan fingerprint density at radius 1 is 1.12 bits per heavy atom. The van der Waals surface area contributed by atoms with Gasteiger partial charge in [0.1, 0.15) is 11.5 Å². The SMILES string of the molecule is COc1ccc(N[C@H](c2ccc(C)cc2)C2CSCCC2=O)cc1. The molecule has 3 nitrogen and oxygen atoms in total. The van der Waals surface area contributed by atoms with Gasteiger partial charge in [-0.2, -0.15) is 11.8 Å². The van der Waals surface area contributed by atoms with Gasteiger partial charge in [-0.15, -0.1) is 0 Å². The van der Waals surface area contributed by atoms with E-state index in [1.54, 1.807) is 7.11 Å². The quantitative estimate of drug-likeness (QED) is 0.870. The molecule has 0 radical (unpaired) electrons. The van der Waals surface area contributed by atoms with E-state index in [-0.39, 0.29) is 12.0 Å². The molecule has 1 aliphatic rings. The molecule has 0 saturated carbocycles. The average molecular weight is 341 g/mol. The fourth-order valence-corrected chi connectivity index (χ4v) is 4.14. The van der Waals surface area contributed by atoms with Crippen LogP contribution >= 0.6 is 11.8 Å². The van der Waals surface area contributed by atoms with Crippen molar-refractivity contribution in [2.45, 2.75) is 19.4 Å². The number of methoxy groups -OCH3 is 1. The number of thioether (sulfide) groups is 1. The molecule has 0 aromatic heterocycles. The molecule has 0 bridgehead atoms. The van der Waals surface area contributed by atoms with Crippen molar-refractivity contribution in [2.24, 2.45) is 5.92 Å². The number of ketones is 1. The molecular formula is C20H23NO2S. The van der Waals surface area contributed by atoms with E-state index in [0.717, 1.165) is 28.5 Å². The zero-order valence-corrected chi connectivity index (χ0v) is 14.9. The van der Waals surface area contributed by atoms with Crippen molar-refractivity contribution >= 4 is 23.2 Å². The summed E-state index contributed by atoms with van der Waals surface area (Å²) in [4.78, 5) is 12.5. The third-order valence-electron chi connectivity index (χ3n) is 4.45. The number of hydrogen-bond acceptors (Lipinski definition) is 4. The zero-order chi connectivity index (χ0) is 16.9. The van der Waals surface area contributed by atoms with E-state index >= 15 is 0 Å². The molecule has 2 aromatic rings. The molecule has 2 aromatic carbocycles. The van der Waals surface area contributed by atoms with E-state index in [1.165, 1.54) is 5.56 Å². The fourth-order valence-electron chi connectivity index (χ4n) is 3.00. The van der Waals surface area contributed by atoms with Gasteiger partial charge in [0.05, 0.1) is 19.1 Å². The predicted octanol–water partition coefficient (Wildman–Crippen LogP) is 4.48. The number of ether oxygens (including phenoxy) is 1. The number of carbonyl (C=O) groups excluding carboxylic acids is 1. The van der Waals surface area contributed by atoms with Crippen LogP contribution < -0.4 is 10.1 Å². The van der Waals surface area contributed by atoms with Crippen LogP contribution in [0, 0.1) is 12.8 Å². The topological polar surface area (TPSA) is 38.3 Å². The molecule has 1 saturated heterocycles. The third kappa shape index (κ3) is 3.93. The molecule has 3 rings (SSSR count). The summed E-state index contributed by atoms with van der Waals surface area (Å²) < 4.78 is 5.22. The number of hydrogen-bond donors (Lipinski definition) is 1. The molecule has 0 amide bonds. The van der Waals surface area contributed by atoms with Crippen molar-refractivity contribution in [3.8, 4) is 5.75 Å². The van der Waals surface area contributed by atoms with E-state index in [2.05, 4.69) is 36.5 Å². The Kier molecular flexibility index (Phi) is 5.46. The second-order valence-electron chi connectivity index (χ2n) is 6.16. The Morgan fingerprint density at radius 2 is 1.83 bits per heavy atom. The van der Waals surface area contributed by atoms with E-state index < -0.39 is 0 Å². The van der Waals surface area contributed by atoms with Crippen molar-refractivity contribution in [1.29, 1.82) is 0 Å². The number of anilines is 1. The number of benzene rings is 2. The average Bonchev–Trinajstić information content (AvgIpc) is 2.62. The lowest BCUT2D eigenvalue weighted by Gasteiger charge is -2.31. The number of aryl methyl sites for hydroxylation is 1. The maximum Gasteiger partial charge on any atom is 0.140 e. The normalized spacial score (nSPS) is 18.9. The van der Waals surface area contributed by atoms with Gasteiger partial charge in [0.15, 0.2) is 0 Å². The van der Waals surface area contributed by atoms with Crippen LogP contribution in [-0.4, -0.2) is 24.4 Å². The smallest absolute Gasteiger partial charge is 0.140 e. The summed E-state index contributed by atoms with van der Waals surface area (Å²) in [6.45, 7) is 2.08. The highest BCUT2D eigenvalue weighted by Crippen LogP contribution is 2.34. The molecule has 0 aliphatic carbocycles. The van der Waals surface area contributed by atoms with Crippen LogP contribution in [0.4, 0.5) is 5.69 Å². The summed E-state index contributed by atoms with van der Waals surface area (Å²) in [7, 11) is 1.66. The first-order valence-electron chi connectivity index (χ1n) is 8.25. The van der Waals surface area contributed by atoms with Gasteiger partial charge in [0, 0.05) is 23.6 Å². The van der Waals surface area contributed by atoms with Gasteiger partial charge in [-0.1, -0.05) is 29.8 Å². The van der Waals surface area contributed by atoms with Gasteiger partial charge in [0.25, 0.3) is 0 Å². The van der Waals surface area contributed by atoms with E-state index in [9.17, 15) is 4.79 Å². The molecule has 1 fully saturated rings. The standard InChI is InChI=1S/C20H23NO2S/c1-14-3-5-15(6-4-14)20(18-13-24-12-11-19(18)22)21-16-7-9-17(23-2)10-8-16/h3-10,18,20-21H,11-13H2,1-2H3/t18?,20-/m1/s1. The first-order valence-corrected chi connectivity index (χ1v) is 9.40. The van der Waals surface area contributed by atoms with Gasteiger partial charge >= 0.3 is 0 Å². The van der Waals surface area contributed by atoms with E-state index in [0.29, 0.717) is 12.2 Å². The van der Waals surface area contributed by atoms with Crippen LogP contribution in [0.25, 0.3) is 0 Å². The summed E-state index contributed by atoms with van der Waals surface area (Å²) in [6.07, 6.45) is 0.669. The summed E-state index contributed by atoms with van der Waals surface area (Å²) in [5.41, 5.74) is 3.40. The molecule has 1 heterocycles. The maximum atomic E-state index is 12.5. The van der Waals surface area contributed by atoms with Gasteiger partial charge in [-0.25, -0.2) is 0 Å². The fraction of sp³-hybridized carbons (Fsp3) is 0.350. The highest BCUT2D eigenvalue weighted by atomic mass is 32.2. The maximum absolute atomic E-state index is 12.5. The predicted molar refractivity (Wildman–Crippen MR) is 101 cm³/mol. The van der Waals surface area contributed by atoms with Crippen LogP contribution in [0.5, 0.6) is 5.75 Å². The lowest BCUT2D eigenvalue weighted by atomic mass is 9.89. The van der Waals surface area contributed by atoms with E-state index in [4.69, 9.17) is 4.74 Å². The van der Waals surface area contributed by atoms with Gasteiger partial charge in [-0.3, -0.25) is 4.79 Å². The number of carbonyl (C=O) groups is 1. The van der Waals surface area contributed by atoms with Gasteiger partial charge in [-0.05, 0) is 36.8 Å². The van der Waals surface area contributed by atoms with Crippen LogP contribution in [-0.2, 0) is 4.79 Å². The number of Topliss-reactive ketones (excluding diaryl/α,β-unsaturated/α-hetero) is 1. The number of rotatable bonds is 5. The first-order chi connectivity index (χ1) is 11.7. The Hall–Kier alpha value is -1.94. The molecule has 0 spiro atoms.